The maximum absolute atomic E-state index is 11.7. The van der Waals surface area contributed by atoms with Gasteiger partial charge in [0.1, 0.15) is 5.25 Å². The number of carbonyl (C=O) groups excluding carboxylic acids is 1. The summed E-state index contributed by atoms with van der Waals surface area (Å²) in [7, 11) is -1.10. The van der Waals surface area contributed by atoms with E-state index in [4.69, 9.17) is 5.73 Å². The molecule has 88 valence electrons. The van der Waals surface area contributed by atoms with E-state index in [0.717, 1.165) is 12.8 Å². The fourth-order valence-corrected chi connectivity index (χ4v) is 2.41. The molecule has 3 N–H and O–H groups in total. The molecule has 3 atom stereocenters. The van der Waals surface area contributed by atoms with Gasteiger partial charge in [0, 0.05) is 28.6 Å². The Morgan fingerprint density at radius 3 is 2.60 bits per heavy atom. The van der Waals surface area contributed by atoms with E-state index in [9.17, 15) is 9.00 Å². The molecule has 0 radical (unpaired) electrons. The van der Waals surface area contributed by atoms with Crippen LogP contribution in [0.2, 0.25) is 0 Å². The SMILES string of the molecule is CC(N)CCS(=O)C(C)C(=O)NC1CC1. The molecule has 0 aromatic carbocycles. The highest BCUT2D eigenvalue weighted by atomic mass is 32.2. The zero-order valence-electron chi connectivity index (χ0n) is 9.36. The Balaban J connectivity index is 2.27. The summed E-state index contributed by atoms with van der Waals surface area (Å²) in [6.07, 6.45) is 2.82. The minimum absolute atomic E-state index is 0.0487. The van der Waals surface area contributed by atoms with Crippen LogP contribution in [0.15, 0.2) is 0 Å². The number of hydrogen-bond acceptors (Lipinski definition) is 3. The second-order valence-electron chi connectivity index (χ2n) is 4.28. The Morgan fingerprint density at radius 2 is 2.13 bits per heavy atom. The molecule has 0 aliphatic heterocycles. The van der Waals surface area contributed by atoms with Crippen molar-refractivity contribution in [3.63, 3.8) is 0 Å². The van der Waals surface area contributed by atoms with E-state index in [1.54, 1.807) is 6.92 Å². The fraction of sp³-hybridized carbons (Fsp3) is 0.900. The molecule has 5 heteroatoms. The first-order valence-electron chi connectivity index (χ1n) is 5.44. The van der Waals surface area contributed by atoms with E-state index >= 15 is 0 Å². The molecule has 3 unspecified atom stereocenters. The van der Waals surface area contributed by atoms with Gasteiger partial charge in [-0.15, -0.1) is 0 Å². The Bertz CT molecular complexity index is 252. The third-order valence-electron chi connectivity index (χ3n) is 2.46. The van der Waals surface area contributed by atoms with Crippen molar-refractivity contribution < 1.29 is 9.00 Å². The van der Waals surface area contributed by atoms with Crippen molar-refractivity contribution in [1.82, 2.24) is 5.32 Å². The van der Waals surface area contributed by atoms with Gasteiger partial charge in [0.15, 0.2) is 0 Å². The van der Waals surface area contributed by atoms with E-state index in [1.165, 1.54) is 0 Å². The van der Waals surface area contributed by atoms with E-state index in [0.29, 0.717) is 18.2 Å². The van der Waals surface area contributed by atoms with Crippen LogP contribution < -0.4 is 11.1 Å². The molecule has 1 fully saturated rings. The number of nitrogens with two attached hydrogens (primary N) is 1. The van der Waals surface area contributed by atoms with Crippen LogP contribution in [0.25, 0.3) is 0 Å². The first kappa shape index (κ1) is 12.6. The average molecular weight is 232 g/mol. The summed E-state index contributed by atoms with van der Waals surface area (Å²) >= 11 is 0. The molecule has 1 aliphatic carbocycles. The maximum Gasteiger partial charge on any atom is 0.235 e. The van der Waals surface area contributed by atoms with Gasteiger partial charge in [-0.2, -0.15) is 0 Å². The second-order valence-corrected chi connectivity index (χ2v) is 6.15. The number of carbonyl (C=O) groups is 1. The Morgan fingerprint density at radius 1 is 1.53 bits per heavy atom. The lowest BCUT2D eigenvalue weighted by Crippen LogP contribution is -2.37. The molecule has 15 heavy (non-hydrogen) atoms. The Kier molecular flexibility index (Phi) is 4.73. The van der Waals surface area contributed by atoms with Crippen LogP contribution in [0.1, 0.15) is 33.1 Å². The van der Waals surface area contributed by atoms with Crippen molar-refractivity contribution in [3.8, 4) is 0 Å². The lowest BCUT2D eigenvalue weighted by atomic mass is 10.3. The van der Waals surface area contributed by atoms with E-state index in [2.05, 4.69) is 5.32 Å². The smallest absolute Gasteiger partial charge is 0.235 e. The van der Waals surface area contributed by atoms with Gasteiger partial charge < -0.3 is 11.1 Å². The standard InChI is InChI=1S/C10H20N2O2S/c1-7(11)5-6-15(14)8(2)10(13)12-9-3-4-9/h7-9H,3-6,11H2,1-2H3,(H,12,13). The predicted octanol–water partition coefficient (Wildman–Crippen LogP) is 0.140. The highest BCUT2D eigenvalue weighted by Gasteiger charge is 2.27. The van der Waals surface area contributed by atoms with Crippen molar-refractivity contribution in [1.29, 1.82) is 0 Å². The minimum Gasteiger partial charge on any atom is -0.352 e. The topological polar surface area (TPSA) is 72.2 Å². The van der Waals surface area contributed by atoms with Crippen molar-refractivity contribution in [2.45, 2.75) is 50.4 Å². The van der Waals surface area contributed by atoms with Gasteiger partial charge in [-0.25, -0.2) is 0 Å². The van der Waals surface area contributed by atoms with E-state index in [1.807, 2.05) is 6.92 Å². The molecule has 0 aromatic heterocycles. The van der Waals surface area contributed by atoms with Gasteiger partial charge >= 0.3 is 0 Å². The molecular formula is C10H20N2O2S. The zero-order chi connectivity index (χ0) is 11.4. The summed E-state index contributed by atoms with van der Waals surface area (Å²) < 4.78 is 11.7. The molecule has 0 aromatic rings. The maximum atomic E-state index is 11.7. The molecule has 4 nitrogen and oxygen atoms in total. The van der Waals surface area contributed by atoms with Gasteiger partial charge in [-0.05, 0) is 33.1 Å². The third-order valence-corrected chi connectivity index (χ3v) is 4.10. The van der Waals surface area contributed by atoms with Crippen LogP contribution in [0.3, 0.4) is 0 Å². The summed E-state index contributed by atoms with van der Waals surface area (Å²) in [6, 6.07) is 0.387. The quantitative estimate of drug-likeness (QED) is 0.684. The molecule has 1 amide bonds. The molecular weight excluding hydrogens is 212 g/mol. The number of hydrogen-bond donors (Lipinski definition) is 2. The van der Waals surface area contributed by atoms with Gasteiger partial charge in [0.25, 0.3) is 0 Å². The highest BCUT2D eigenvalue weighted by Crippen LogP contribution is 2.19. The van der Waals surface area contributed by atoms with Crippen LogP contribution in [0.5, 0.6) is 0 Å². The zero-order valence-corrected chi connectivity index (χ0v) is 10.2. The largest absolute Gasteiger partial charge is 0.352 e. The predicted molar refractivity (Wildman–Crippen MR) is 61.9 cm³/mol. The van der Waals surface area contributed by atoms with Crippen LogP contribution in [-0.2, 0) is 15.6 Å². The minimum atomic E-state index is -1.10. The summed E-state index contributed by atoms with van der Waals surface area (Å²) in [6.45, 7) is 3.60. The summed E-state index contributed by atoms with van der Waals surface area (Å²) in [5.41, 5.74) is 5.57. The molecule has 1 rings (SSSR count). The summed E-state index contributed by atoms with van der Waals surface area (Å²) in [4.78, 5) is 11.5. The summed E-state index contributed by atoms with van der Waals surface area (Å²) in [5.74, 6) is 0.428. The van der Waals surface area contributed by atoms with Crippen molar-refractivity contribution in [3.05, 3.63) is 0 Å². The number of rotatable bonds is 6. The van der Waals surface area contributed by atoms with Crippen molar-refractivity contribution in [2.24, 2.45) is 5.73 Å². The van der Waals surface area contributed by atoms with Crippen molar-refractivity contribution >= 4 is 16.7 Å². The third kappa shape index (κ3) is 4.75. The van der Waals surface area contributed by atoms with Crippen LogP contribution >= 0.6 is 0 Å². The van der Waals surface area contributed by atoms with Crippen molar-refractivity contribution in [2.75, 3.05) is 5.75 Å². The Hall–Kier alpha value is -0.420. The molecule has 1 saturated carbocycles. The van der Waals surface area contributed by atoms with Crippen LogP contribution in [0.4, 0.5) is 0 Å². The van der Waals surface area contributed by atoms with Gasteiger partial charge in [-0.3, -0.25) is 9.00 Å². The highest BCUT2D eigenvalue weighted by molar-refractivity contribution is 7.86. The van der Waals surface area contributed by atoms with Gasteiger partial charge in [-0.1, -0.05) is 0 Å². The van der Waals surface area contributed by atoms with Gasteiger partial charge in [0.05, 0.1) is 0 Å². The average Bonchev–Trinajstić information content (AvgIpc) is 2.96. The molecule has 0 spiro atoms. The van der Waals surface area contributed by atoms with E-state index in [-0.39, 0.29) is 11.9 Å². The Labute approximate surface area is 93.4 Å². The lowest BCUT2D eigenvalue weighted by Gasteiger charge is -2.12. The monoisotopic (exact) mass is 232 g/mol. The first-order valence-corrected chi connectivity index (χ1v) is 6.82. The van der Waals surface area contributed by atoms with E-state index < -0.39 is 16.0 Å². The molecule has 0 heterocycles. The summed E-state index contributed by atoms with van der Waals surface area (Å²) in [5, 5.41) is 2.45. The van der Waals surface area contributed by atoms with Crippen LogP contribution in [-0.4, -0.2) is 33.2 Å². The van der Waals surface area contributed by atoms with Gasteiger partial charge in [0.2, 0.25) is 5.91 Å². The lowest BCUT2D eigenvalue weighted by molar-refractivity contribution is -0.120. The second kappa shape index (κ2) is 5.61. The molecule has 1 aliphatic rings. The number of amides is 1. The first-order chi connectivity index (χ1) is 7.00. The normalized spacial score (nSPS) is 21.8. The van der Waals surface area contributed by atoms with Crippen LogP contribution in [0, 0.1) is 0 Å². The fourth-order valence-electron chi connectivity index (χ4n) is 1.14. The molecule has 0 saturated heterocycles. The molecule has 0 bridgehead atoms. The number of nitrogens with one attached hydrogen (secondary N) is 1.